The lowest BCUT2D eigenvalue weighted by Crippen LogP contribution is -2.41. The molecule has 3 aromatic rings. The van der Waals surface area contributed by atoms with Crippen LogP contribution in [0.5, 0.6) is 11.5 Å². The fraction of sp³-hybridized carbons (Fsp3) is 0.250. The maximum Gasteiger partial charge on any atom is 0.434 e. The van der Waals surface area contributed by atoms with Crippen LogP contribution in [0.15, 0.2) is 61.9 Å². The maximum atomic E-state index is 14.3. The molecule has 13 heteroatoms. The summed E-state index contributed by atoms with van der Waals surface area (Å²) in [7, 11) is 0. The molecular weight excluding hydrogens is 649 g/mol. The van der Waals surface area contributed by atoms with Crippen molar-refractivity contribution in [1.29, 1.82) is 0 Å². The topological polar surface area (TPSA) is 79.1 Å². The summed E-state index contributed by atoms with van der Waals surface area (Å²) in [6.45, 7) is 3.37. The summed E-state index contributed by atoms with van der Waals surface area (Å²) in [6, 6.07) is 7.60. The molecule has 0 amide bonds. The maximum absolute atomic E-state index is 14.3. The summed E-state index contributed by atoms with van der Waals surface area (Å²) in [5, 5.41) is 0.323. The molecule has 2 aromatic carbocycles. The Hall–Kier alpha value is -3.53. The SMILES string of the molecule is C#CCOc1c(Br)cc(/C=c2\sc3n(c2=O)[C@@H](c2ccc(Cl)cc2)C(C(=O)OCC)=C(C(F)(F)F)N=3)cc1OCC. The van der Waals surface area contributed by atoms with Crippen molar-refractivity contribution in [3.05, 3.63) is 88.0 Å². The first-order valence-corrected chi connectivity index (χ1v) is 14.1. The Balaban J connectivity index is 1.99. The highest BCUT2D eigenvalue weighted by molar-refractivity contribution is 9.10. The van der Waals surface area contributed by atoms with Crippen LogP contribution in [0.25, 0.3) is 6.08 Å². The van der Waals surface area contributed by atoms with E-state index in [9.17, 15) is 22.8 Å². The van der Waals surface area contributed by atoms with Crippen molar-refractivity contribution in [2.45, 2.75) is 26.1 Å². The number of esters is 1. The van der Waals surface area contributed by atoms with Gasteiger partial charge in [0.15, 0.2) is 22.0 Å². The van der Waals surface area contributed by atoms with Gasteiger partial charge in [-0.15, -0.1) is 6.42 Å². The molecule has 0 fully saturated rings. The third-order valence-corrected chi connectivity index (χ3v) is 7.53. The highest BCUT2D eigenvalue weighted by atomic mass is 79.9. The summed E-state index contributed by atoms with van der Waals surface area (Å²) >= 11 is 10.2. The Kier molecular flexibility index (Phi) is 9.31. The van der Waals surface area contributed by atoms with Gasteiger partial charge >= 0.3 is 12.1 Å². The molecule has 0 saturated heterocycles. The van der Waals surface area contributed by atoms with Gasteiger partial charge in [-0.2, -0.15) is 13.2 Å². The molecule has 2 heterocycles. The number of thiazole rings is 1. The van der Waals surface area contributed by atoms with E-state index < -0.39 is 35.0 Å². The van der Waals surface area contributed by atoms with E-state index in [1.54, 1.807) is 19.1 Å². The van der Waals surface area contributed by atoms with Crippen LogP contribution in [0.1, 0.15) is 31.0 Å². The highest BCUT2D eigenvalue weighted by Gasteiger charge is 2.45. The zero-order valence-corrected chi connectivity index (χ0v) is 24.7. The van der Waals surface area contributed by atoms with Crippen molar-refractivity contribution in [2.24, 2.45) is 4.99 Å². The fourth-order valence-electron chi connectivity index (χ4n) is 4.14. The van der Waals surface area contributed by atoms with Crippen LogP contribution in [0.2, 0.25) is 5.02 Å². The molecule has 41 heavy (non-hydrogen) atoms. The first-order valence-electron chi connectivity index (χ1n) is 12.1. The zero-order chi connectivity index (χ0) is 29.9. The fourth-order valence-corrected chi connectivity index (χ4v) is 5.84. The summed E-state index contributed by atoms with van der Waals surface area (Å²) in [5.41, 5.74) is -2.17. The molecule has 1 atom stereocenters. The molecule has 0 radical (unpaired) electrons. The number of aromatic nitrogens is 1. The number of carbonyl (C=O) groups excluding carboxylic acids is 1. The van der Waals surface area contributed by atoms with E-state index in [4.69, 9.17) is 32.2 Å². The van der Waals surface area contributed by atoms with Crippen molar-refractivity contribution in [1.82, 2.24) is 4.57 Å². The number of hydrogen-bond acceptors (Lipinski definition) is 7. The van der Waals surface area contributed by atoms with Gasteiger partial charge < -0.3 is 14.2 Å². The molecule has 0 bridgehead atoms. The molecule has 4 rings (SSSR count). The van der Waals surface area contributed by atoms with Crippen LogP contribution in [0, 0.1) is 12.3 Å². The van der Waals surface area contributed by atoms with Crippen molar-refractivity contribution >= 4 is 50.9 Å². The first kappa shape index (κ1) is 30.4. The van der Waals surface area contributed by atoms with Gasteiger partial charge in [0.1, 0.15) is 6.61 Å². The molecule has 0 spiro atoms. The number of halogens is 5. The molecule has 1 aromatic heterocycles. The molecule has 214 valence electrons. The number of hydrogen-bond donors (Lipinski definition) is 0. The van der Waals surface area contributed by atoms with E-state index in [0.717, 1.165) is 15.9 Å². The molecule has 7 nitrogen and oxygen atoms in total. The lowest BCUT2D eigenvalue weighted by atomic mass is 9.95. The third-order valence-electron chi connectivity index (χ3n) is 5.71. The Labute approximate surface area is 249 Å². The Bertz CT molecular complexity index is 1740. The van der Waals surface area contributed by atoms with E-state index in [2.05, 4.69) is 26.8 Å². The first-order chi connectivity index (χ1) is 19.5. The van der Waals surface area contributed by atoms with E-state index in [1.165, 1.54) is 37.3 Å². The normalized spacial score (nSPS) is 15.2. The average Bonchev–Trinajstić information content (AvgIpc) is 3.22. The van der Waals surface area contributed by atoms with Gasteiger partial charge in [0.05, 0.1) is 33.8 Å². The van der Waals surface area contributed by atoms with Gasteiger partial charge in [0, 0.05) is 5.02 Å². The lowest BCUT2D eigenvalue weighted by Gasteiger charge is -2.26. The number of terminal acetylenes is 1. The predicted octanol–water partition coefficient (Wildman–Crippen LogP) is 5.17. The zero-order valence-electron chi connectivity index (χ0n) is 21.6. The number of ether oxygens (including phenoxy) is 3. The highest BCUT2D eigenvalue weighted by Crippen LogP contribution is 2.39. The van der Waals surface area contributed by atoms with Crippen LogP contribution in [0.3, 0.4) is 0 Å². The smallest absolute Gasteiger partial charge is 0.434 e. The number of fused-ring (bicyclic) bond motifs is 1. The second kappa shape index (κ2) is 12.5. The summed E-state index contributed by atoms with van der Waals surface area (Å²) in [6.07, 6.45) is 1.78. The minimum Gasteiger partial charge on any atom is -0.490 e. The Morgan fingerprint density at radius 3 is 2.54 bits per heavy atom. The van der Waals surface area contributed by atoms with Crippen molar-refractivity contribution in [3.8, 4) is 23.8 Å². The second-order valence-electron chi connectivity index (χ2n) is 8.37. The predicted molar refractivity (Wildman–Crippen MR) is 152 cm³/mol. The number of benzene rings is 2. The average molecular weight is 670 g/mol. The van der Waals surface area contributed by atoms with E-state index in [-0.39, 0.29) is 28.1 Å². The van der Waals surface area contributed by atoms with Gasteiger partial charge in [-0.1, -0.05) is 41.0 Å². The molecule has 0 saturated carbocycles. The summed E-state index contributed by atoms with van der Waals surface area (Å²) in [5.74, 6) is 1.85. The van der Waals surface area contributed by atoms with E-state index >= 15 is 0 Å². The molecule has 0 aliphatic carbocycles. The molecule has 0 N–H and O–H groups in total. The molecule has 0 unspecified atom stereocenters. The Morgan fingerprint density at radius 1 is 1.22 bits per heavy atom. The molecular formula is C28H21BrClF3N2O5S. The molecule has 1 aliphatic heterocycles. The summed E-state index contributed by atoms with van der Waals surface area (Å²) < 4.78 is 60.6. The van der Waals surface area contributed by atoms with Crippen molar-refractivity contribution in [3.63, 3.8) is 0 Å². The van der Waals surface area contributed by atoms with Gasteiger partial charge in [-0.25, -0.2) is 9.79 Å². The van der Waals surface area contributed by atoms with Gasteiger partial charge in [0.25, 0.3) is 5.56 Å². The van der Waals surface area contributed by atoms with Crippen molar-refractivity contribution in [2.75, 3.05) is 19.8 Å². The number of rotatable bonds is 8. The standard InChI is InChI=1S/C28H21BrClF3N2O5S/c1-4-11-40-23-18(29)12-15(13-19(23)38-5-2)14-20-25(36)35-22(16-7-9-17(30)10-8-16)21(26(37)39-6-3)24(28(31,32)33)34-27(35)41-20/h1,7-10,12-14,22H,5-6,11H2,2-3H3/b20-14-/t22-/m0/s1. The number of nitrogens with zero attached hydrogens (tertiary/aromatic N) is 2. The summed E-state index contributed by atoms with van der Waals surface area (Å²) in [4.78, 5) is 30.2. The van der Waals surface area contributed by atoms with Crippen LogP contribution in [-0.2, 0) is 9.53 Å². The monoisotopic (exact) mass is 668 g/mol. The minimum absolute atomic E-state index is 0.00828. The number of carbonyl (C=O) groups is 1. The lowest BCUT2D eigenvalue weighted by molar-refractivity contribution is -0.140. The van der Waals surface area contributed by atoms with Crippen LogP contribution in [0.4, 0.5) is 13.2 Å². The van der Waals surface area contributed by atoms with Crippen LogP contribution < -0.4 is 24.4 Å². The molecule has 1 aliphatic rings. The van der Waals surface area contributed by atoms with E-state index in [1.807, 2.05) is 0 Å². The quantitative estimate of drug-likeness (QED) is 0.245. The van der Waals surface area contributed by atoms with Gasteiger partial charge in [0.2, 0.25) is 0 Å². The van der Waals surface area contributed by atoms with Crippen LogP contribution >= 0.6 is 38.9 Å². The number of alkyl halides is 3. The van der Waals surface area contributed by atoms with Gasteiger partial charge in [-0.3, -0.25) is 9.36 Å². The third kappa shape index (κ3) is 6.37. The number of allylic oxidation sites excluding steroid dienone is 1. The Morgan fingerprint density at radius 2 is 1.93 bits per heavy atom. The van der Waals surface area contributed by atoms with E-state index in [0.29, 0.717) is 33.2 Å². The van der Waals surface area contributed by atoms with Crippen LogP contribution in [-0.4, -0.2) is 36.5 Å². The largest absolute Gasteiger partial charge is 0.490 e. The van der Waals surface area contributed by atoms with Gasteiger partial charge in [-0.05, 0) is 71.2 Å². The van der Waals surface area contributed by atoms with Crippen molar-refractivity contribution < 1.29 is 32.2 Å². The minimum atomic E-state index is -5.01. The second-order valence-corrected chi connectivity index (χ2v) is 10.7.